The molecule has 1 aromatic heterocycles. The first kappa shape index (κ1) is 20.8. The molecular weight excluding hydrogens is 406 g/mol. The average molecular weight is 426 g/mol. The lowest BCUT2D eigenvalue weighted by Gasteiger charge is -2.33. The third-order valence-corrected chi connectivity index (χ3v) is 4.90. The van der Waals surface area contributed by atoms with Crippen LogP contribution in [0.5, 0.6) is 5.75 Å². The van der Waals surface area contributed by atoms with Crippen LogP contribution in [0, 0.1) is 0 Å². The number of anilines is 2. The van der Waals surface area contributed by atoms with E-state index in [1.54, 1.807) is 34.2 Å². The van der Waals surface area contributed by atoms with Crippen LogP contribution in [-0.4, -0.2) is 66.2 Å². The standard InChI is InChI=1S/C18H20F2N4O4S/c1-2-27-18(26)24-9-7-23(8-10-24)15(25)14-11-29-17(22-14)21-12-3-5-13(6-4-12)28-16(19)20/h3-6,11,16H,2,7-10H2,1H3,(H,21,22). The fraction of sp³-hybridized carbons (Fsp3) is 0.389. The molecule has 11 heteroatoms. The highest BCUT2D eigenvalue weighted by Crippen LogP contribution is 2.24. The van der Waals surface area contributed by atoms with Crippen molar-refractivity contribution < 1.29 is 27.8 Å². The molecule has 0 radical (unpaired) electrons. The summed E-state index contributed by atoms with van der Waals surface area (Å²) in [7, 11) is 0. The molecule has 1 aliphatic heterocycles. The van der Waals surface area contributed by atoms with Crippen LogP contribution >= 0.6 is 11.3 Å². The Morgan fingerprint density at radius 3 is 2.45 bits per heavy atom. The SMILES string of the molecule is CCOC(=O)N1CCN(C(=O)c2csc(Nc3ccc(OC(F)F)cc3)n2)CC1. The molecule has 156 valence electrons. The number of hydrogen-bond acceptors (Lipinski definition) is 7. The molecule has 0 saturated carbocycles. The van der Waals surface area contributed by atoms with Crippen LogP contribution in [-0.2, 0) is 4.74 Å². The maximum atomic E-state index is 12.6. The zero-order valence-electron chi connectivity index (χ0n) is 15.6. The Labute approximate surface area is 170 Å². The third-order valence-electron chi connectivity index (χ3n) is 4.15. The van der Waals surface area contributed by atoms with Crippen molar-refractivity contribution in [3.05, 3.63) is 35.3 Å². The van der Waals surface area contributed by atoms with Gasteiger partial charge in [-0.25, -0.2) is 9.78 Å². The van der Waals surface area contributed by atoms with Crippen molar-refractivity contribution in [3.8, 4) is 5.75 Å². The van der Waals surface area contributed by atoms with Crippen molar-refractivity contribution in [1.82, 2.24) is 14.8 Å². The smallest absolute Gasteiger partial charge is 0.409 e. The molecule has 1 fully saturated rings. The first-order valence-electron chi connectivity index (χ1n) is 8.94. The molecular formula is C18H20F2N4O4S. The lowest BCUT2D eigenvalue weighted by atomic mass is 10.3. The van der Waals surface area contributed by atoms with Gasteiger partial charge in [0.2, 0.25) is 0 Å². The van der Waals surface area contributed by atoms with E-state index >= 15 is 0 Å². The Morgan fingerprint density at radius 1 is 1.17 bits per heavy atom. The summed E-state index contributed by atoms with van der Waals surface area (Å²) in [6, 6.07) is 5.98. The molecule has 0 atom stereocenters. The van der Waals surface area contributed by atoms with Gasteiger partial charge < -0.3 is 24.6 Å². The number of amides is 2. The summed E-state index contributed by atoms with van der Waals surface area (Å²) in [5.74, 6) is -0.152. The van der Waals surface area contributed by atoms with E-state index < -0.39 is 6.61 Å². The second-order valence-corrected chi connectivity index (χ2v) is 6.90. The van der Waals surface area contributed by atoms with Crippen LogP contribution in [0.4, 0.5) is 24.4 Å². The molecule has 8 nitrogen and oxygen atoms in total. The lowest BCUT2D eigenvalue weighted by Crippen LogP contribution is -2.50. The minimum absolute atomic E-state index is 0.0579. The van der Waals surface area contributed by atoms with E-state index in [0.29, 0.717) is 49.3 Å². The zero-order valence-corrected chi connectivity index (χ0v) is 16.5. The number of nitrogens with zero attached hydrogens (tertiary/aromatic N) is 3. The first-order chi connectivity index (χ1) is 14.0. The molecule has 2 aromatic rings. The van der Waals surface area contributed by atoms with E-state index in [2.05, 4.69) is 15.0 Å². The number of alkyl halides is 2. The van der Waals surface area contributed by atoms with Gasteiger partial charge in [0.25, 0.3) is 5.91 Å². The number of carbonyl (C=O) groups excluding carboxylic acids is 2. The quantitative estimate of drug-likeness (QED) is 0.762. The summed E-state index contributed by atoms with van der Waals surface area (Å²) in [5, 5.41) is 5.17. The molecule has 1 aromatic carbocycles. The van der Waals surface area contributed by atoms with Gasteiger partial charge in [-0.1, -0.05) is 0 Å². The molecule has 0 unspecified atom stereocenters. The fourth-order valence-electron chi connectivity index (χ4n) is 2.74. The van der Waals surface area contributed by atoms with E-state index in [-0.39, 0.29) is 17.7 Å². The third kappa shape index (κ3) is 5.53. The van der Waals surface area contributed by atoms with E-state index in [4.69, 9.17) is 4.74 Å². The number of rotatable bonds is 6. The van der Waals surface area contributed by atoms with Crippen LogP contribution in [0.15, 0.2) is 29.6 Å². The molecule has 0 aliphatic carbocycles. The summed E-state index contributed by atoms with van der Waals surface area (Å²) in [5.41, 5.74) is 0.933. The Morgan fingerprint density at radius 2 is 1.83 bits per heavy atom. The summed E-state index contributed by atoms with van der Waals surface area (Å²) in [6.45, 7) is 0.818. The number of nitrogens with one attached hydrogen (secondary N) is 1. The molecule has 2 heterocycles. The van der Waals surface area contributed by atoms with E-state index in [1.165, 1.54) is 23.5 Å². The summed E-state index contributed by atoms with van der Waals surface area (Å²) in [6.07, 6.45) is -0.371. The summed E-state index contributed by atoms with van der Waals surface area (Å²) in [4.78, 5) is 31.9. The fourth-order valence-corrected chi connectivity index (χ4v) is 3.45. The number of carbonyl (C=O) groups is 2. The van der Waals surface area contributed by atoms with Gasteiger partial charge in [-0.3, -0.25) is 4.79 Å². The van der Waals surface area contributed by atoms with Gasteiger partial charge in [-0.2, -0.15) is 8.78 Å². The number of benzene rings is 1. The van der Waals surface area contributed by atoms with Crippen molar-refractivity contribution in [3.63, 3.8) is 0 Å². The van der Waals surface area contributed by atoms with Crippen LogP contribution in [0.25, 0.3) is 0 Å². The van der Waals surface area contributed by atoms with Gasteiger partial charge in [0.1, 0.15) is 11.4 Å². The van der Waals surface area contributed by atoms with Gasteiger partial charge in [-0.05, 0) is 31.2 Å². The molecule has 1 aliphatic rings. The number of halogens is 2. The summed E-state index contributed by atoms with van der Waals surface area (Å²) < 4.78 is 33.6. The van der Waals surface area contributed by atoms with Crippen LogP contribution in [0.2, 0.25) is 0 Å². The molecule has 3 rings (SSSR count). The maximum Gasteiger partial charge on any atom is 0.409 e. The van der Waals surface area contributed by atoms with Gasteiger partial charge in [0.05, 0.1) is 6.61 Å². The van der Waals surface area contributed by atoms with Crippen LogP contribution in [0.1, 0.15) is 17.4 Å². The highest BCUT2D eigenvalue weighted by molar-refractivity contribution is 7.14. The largest absolute Gasteiger partial charge is 0.450 e. The van der Waals surface area contributed by atoms with E-state index in [1.807, 2.05) is 0 Å². The minimum Gasteiger partial charge on any atom is -0.450 e. The molecule has 29 heavy (non-hydrogen) atoms. The van der Waals surface area contributed by atoms with E-state index in [0.717, 1.165) is 0 Å². The Hall–Kier alpha value is -2.95. The first-order valence-corrected chi connectivity index (χ1v) is 9.82. The summed E-state index contributed by atoms with van der Waals surface area (Å²) >= 11 is 1.26. The van der Waals surface area contributed by atoms with Crippen molar-refractivity contribution in [2.45, 2.75) is 13.5 Å². The predicted molar refractivity (Wildman–Crippen MR) is 103 cm³/mol. The Balaban J connectivity index is 1.54. The van der Waals surface area contributed by atoms with Crippen LogP contribution in [0.3, 0.4) is 0 Å². The topological polar surface area (TPSA) is 84.0 Å². The van der Waals surface area contributed by atoms with Crippen molar-refractivity contribution in [2.24, 2.45) is 0 Å². The number of thiazole rings is 1. The van der Waals surface area contributed by atoms with Crippen LogP contribution < -0.4 is 10.1 Å². The number of hydrogen-bond donors (Lipinski definition) is 1. The average Bonchev–Trinajstić information content (AvgIpc) is 3.17. The lowest BCUT2D eigenvalue weighted by molar-refractivity contribution is -0.0498. The van der Waals surface area contributed by atoms with Crippen molar-refractivity contribution >= 4 is 34.2 Å². The second kappa shape index (κ2) is 9.50. The molecule has 2 amide bonds. The number of aromatic nitrogens is 1. The van der Waals surface area contributed by atoms with Gasteiger partial charge in [-0.15, -0.1) is 11.3 Å². The Kier molecular flexibility index (Phi) is 6.81. The minimum atomic E-state index is -2.87. The van der Waals surface area contributed by atoms with Gasteiger partial charge >= 0.3 is 12.7 Å². The predicted octanol–water partition coefficient (Wildman–Crippen LogP) is 3.40. The second-order valence-electron chi connectivity index (χ2n) is 6.04. The maximum absolute atomic E-state index is 12.6. The van der Waals surface area contributed by atoms with Gasteiger partial charge in [0, 0.05) is 37.2 Å². The zero-order chi connectivity index (χ0) is 20.8. The normalized spacial score (nSPS) is 14.1. The molecule has 1 N–H and O–H groups in total. The van der Waals surface area contributed by atoms with Crippen molar-refractivity contribution in [1.29, 1.82) is 0 Å². The monoisotopic (exact) mass is 426 g/mol. The molecule has 0 spiro atoms. The van der Waals surface area contributed by atoms with E-state index in [9.17, 15) is 18.4 Å². The van der Waals surface area contributed by atoms with Gasteiger partial charge in [0.15, 0.2) is 5.13 Å². The Bertz CT molecular complexity index is 839. The molecule has 0 bridgehead atoms. The molecule has 1 saturated heterocycles. The highest BCUT2D eigenvalue weighted by Gasteiger charge is 2.26. The van der Waals surface area contributed by atoms with Crippen molar-refractivity contribution in [2.75, 3.05) is 38.1 Å². The number of piperazine rings is 1. The highest BCUT2D eigenvalue weighted by atomic mass is 32.1. The number of ether oxygens (including phenoxy) is 2.